The molecule has 0 aromatic carbocycles. The highest BCUT2D eigenvalue weighted by Gasteiger charge is 2.08. The summed E-state index contributed by atoms with van der Waals surface area (Å²) in [6.07, 6.45) is 9.63. The number of hydrogen-bond acceptors (Lipinski definition) is 2. The Hall–Kier alpha value is 0.310. The van der Waals surface area contributed by atoms with Crippen LogP contribution >= 0.6 is 11.8 Å². The second kappa shape index (κ2) is 11.8. The van der Waals surface area contributed by atoms with Crippen LogP contribution in [0.5, 0.6) is 0 Å². The second-order valence-electron chi connectivity index (χ2n) is 4.74. The number of hydrogen-bond donors (Lipinski definition) is 1. The van der Waals surface area contributed by atoms with Gasteiger partial charge in [0, 0.05) is 17.0 Å². The third-order valence-corrected chi connectivity index (χ3v) is 4.72. The fraction of sp³-hybridized carbons (Fsp3) is 1.00. The maximum Gasteiger partial charge on any atom is 0.0155 e. The van der Waals surface area contributed by atoms with Crippen molar-refractivity contribution in [3.8, 4) is 0 Å². The minimum atomic E-state index is 0.723. The van der Waals surface area contributed by atoms with Crippen molar-refractivity contribution in [3.05, 3.63) is 0 Å². The molecule has 2 heteroatoms. The molecule has 98 valence electrons. The summed E-state index contributed by atoms with van der Waals surface area (Å²) < 4.78 is 0. The van der Waals surface area contributed by atoms with E-state index in [0.29, 0.717) is 0 Å². The van der Waals surface area contributed by atoms with Gasteiger partial charge in [0.05, 0.1) is 0 Å². The molecule has 0 saturated carbocycles. The molecular weight excluding hydrogens is 214 g/mol. The molecule has 0 fully saturated rings. The summed E-state index contributed by atoms with van der Waals surface area (Å²) in [5.41, 5.74) is 0. The second-order valence-corrected chi connectivity index (χ2v) is 6.21. The molecule has 0 rings (SSSR count). The largest absolute Gasteiger partial charge is 0.316 e. The van der Waals surface area contributed by atoms with Gasteiger partial charge in [0.25, 0.3) is 0 Å². The molecule has 1 N–H and O–H groups in total. The lowest BCUT2D eigenvalue weighted by atomic mass is 10.1. The highest BCUT2D eigenvalue weighted by atomic mass is 32.2. The monoisotopic (exact) mass is 245 g/mol. The summed E-state index contributed by atoms with van der Waals surface area (Å²) in [6.45, 7) is 6.88. The van der Waals surface area contributed by atoms with E-state index >= 15 is 0 Å². The Balaban J connectivity index is 3.43. The molecule has 0 saturated heterocycles. The predicted octanol–water partition coefficient (Wildman–Crippen LogP) is 4.47. The van der Waals surface area contributed by atoms with E-state index < -0.39 is 0 Å². The standard InChI is InChI=1S/C14H31NS/c1-5-7-8-9-10-11-14(15-4)12-16-13(3)6-2/h13-15H,5-12H2,1-4H3. The van der Waals surface area contributed by atoms with Crippen molar-refractivity contribution in [2.45, 2.75) is 77.0 Å². The van der Waals surface area contributed by atoms with Crippen LogP contribution in [0.2, 0.25) is 0 Å². The molecule has 2 atom stereocenters. The first-order chi connectivity index (χ1) is 7.74. The Labute approximate surface area is 107 Å². The number of unbranched alkanes of at least 4 members (excludes halogenated alkanes) is 4. The summed E-state index contributed by atoms with van der Waals surface area (Å²) in [4.78, 5) is 0. The summed E-state index contributed by atoms with van der Waals surface area (Å²) in [6, 6.07) is 0.723. The van der Waals surface area contributed by atoms with Crippen LogP contribution in [0.1, 0.15) is 65.7 Å². The van der Waals surface area contributed by atoms with Gasteiger partial charge in [0.15, 0.2) is 0 Å². The van der Waals surface area contributed by atoms with Gasteiger partial charge < -0.3 is 5.32 Å². The highest BCUT2D eigenvalue weighted by Crippen LogP contribution is 2.17. The molecule has 0 aliphatic rings. The first-order valence-electron chi connectivity index (χ1n) is 7.03. The van der Waals surface area contributed by atoms with Crippen molar-refractivity contribution >= 4 is 11.8 Å². The number of rotatable bonds is 11. The van der Waals surface area contributed by atoms with Gasteiger partial charge in [-0.2, -0.15) is 11.8 Å². The lowest BCUT2D eigenvalue weighted by Crippen LogP contribution is -2.28. The maximum absolute atomic E-state index is 3.45. The molecule has 1 nitrogen and oxygen atoms in total. The molecule has 0 aliphatic carbocycles. The van der Waals surface area contributed by atoms with Crippen molar-refractivity contribution in [3.63, 3.8) is 0 Å². The van der Waals surface area contributed by atoms with Crippen molar-refractivity contribution in [1.82, 2.24) is 5.32 Å². The molecule has 0 aliphatic heterocycles. The topological polar surface area (TPSA) is 12.0 Å². The highest BCUT2D eigenvalue weighted by molar-refractivity contribution is 7.99. The van der Waals surface area contributed by atoms with Crippen LogP contribution in [-0.4, -0.2) is 24.1 Å². The Kier molecular flexibility index (Phi) is 12.0. The SMILES string of the molecule is CCCCCCCC(CSC(C)CC)NC. The lowest BCUT2D eigenvalue weighted by Gasteiger charge is -2.17. The van der Waals surface area contributed by atoms with Crippen molar-refractivity contribution < 1.29 is 0 Å². The van der Waals surface area contributed by atoms with E-state index in [0.717, 1.165) is 11.3 Å². The Morgan fingerprint density at radius 2 is 1.75 bits per heavy atom. The Bertz CT molecular complexity index is 139. The maximum atomic E-state index is 3.45. The summed E-state index contributed by atoms with van der Waals surface area (Å²) >= 11 is 2.11. The van der Waals surface area contributed by atoms with Gasteiger partial charge in [-0.15, -0.1) is 0 Å². The van der Waals surface area contributed by atoms with Crippen LogP contribution in [0.3, 0.4) is 0 Å². The minimum Gasteiger partial charge on any atom is -0.316 e. The van der Waals surface area contributed by atoms with Gasteiger partial charge in [0.2, 0.25) is 0 Å². The van der Waals surface area contributed by atoms with Crippen LogP contribution in [0.15, 0.2) is 0 Å². The molecule has 0 radical (unpaired) electrons. The van der Waals surface area contributed by atoms with Crippen LogP contribution < -0.4 is 5.32 Å². The molecule has 0 bridgehead atoms. The van der Waals surface area contributed by atoms with Crippen LogP contribution in [0, 0.1) is 0 Å². The van der Waals surface area contributed by atoms with Gasteiger partial charge >= 0.3 is 0 Å². The van der Waals surface area contributed by atoms with Crippen molar-refractivity contribution in [2.75, 3.05) is 12.8 Å². The molecule has 2 unspecified atom stereocenters. The van der Waals surface area contributed by atoms with E-state index in [-0.39, 0.29) is 0 Å². The van der Waals surface area contributed by atoms with E-state index in [1.807, 2.05) is 0 Å². The fourth-order valence-electron chi connectivity index (χ4n) is 1.70. The third kappa shape index (κ3) is 9.53. The first-order valence-corrected chi connectivity index (χ1v) is 8.08. The van der Waals surface area contributed by atoms with Gasteiger partial charge in [-0.25, -0.2) is 0 Å². The van der Waals surface area contributed by atoms with Crippen LogP contribution in [0.25, 0.3) is 0 Å². The van der Waals surface area contributed by atoms with E-state index in [1.54, 1.807) is 0 Å². The van der Waals surface area contributed by atoms with Gasteiger partial charge in [-0.3, -0.25) is 0 Å². The zero-order valence-corrected chi connectivity index (χ0v) is 12.5. The van der Waals surface area contributed by atoms with E-state index in [4.69, 9.17) is 0 Å². The van der Waals surface area contributed by atoms with Crippen molar-refractivity contribution in [2.24, 2.45) is 0 Å². The normalized spacial score (nSPS) is 15.0. The summed E-state index contributed by atoms with van der Waals surface area (Å²) in [5.74, 6) is 1.28. The van der Waals surface area contributed by atoms with Crippen LogP contribution in [0.4, 0.5) is 0 Å². The smallest absolute Gasteiger partial charge is 0.0155 e. The molecule has 0 spiro atoms. The van der Waals surface area contributed by atoms with E-state index in [9.17, 15) is 0 Å². The zero-order valence-electron chi connectivity index (χ0n) is 11.7. The lowest BCUT2D eigenvalue weighted by molar-refractivity contribution is 0.517. The van der Waals surface area contributed by atoms with Gasteiger partial charge in [-0.05, 0) is 19.9 Å². The molecular formula is C14H31NS. The summed E-state index contributed by atoms with van der Waals surface area (Å²) in [5, 5.41) is 4.27. The number of nitrogens with one attached hydrogen (secondary N) is 1. The van der Waals surface area contributed by atoms with Gasteiger partial charge in [0.1, 0.15) is 0 Å². The zero-order chi connectivity index (χ0) is 12.2. The Morgan fingerprint density at radius 3 is 2.31 bits per heavy atom. The quantitative estimate of drug-likeness (QED) is 0.539. The molecule has 0 aromatic heterocycles. The van der Waals surface area contributed by atoms with Gasteiger partial charge in [-0.1, -0.05) is 52.9 Å². The minimum absolute atomic E-state index is 0.723. The first kappa shape index (κ1) is 16.3. The van der Waals surface area contributed by atoms with E-state index in [1.165, 1.54) is 50.7 Å². The van der Waals surface area contributed by atoms with Crippen molar-refractivity contribution in [1.29, 1.82) is 0 Å². The summed E-state index contributed by atoms with van der Waals surface area (Å²) in [7, 11) is 2.11. The predicted molar refractivity (Wildman–Crippen MR) is 78.4 cm³/mol. The molecule has 0 aromatic rings. The molecule has 16 heavy (non-hydrogen) atoms. The average Bonchev–Trinajstić information content (AvgIpc) is 2.32. The molecule has 0 amide bonds. The average molecular weight is 245 g/mol. The van der Waals surface area contributed by atoms with Crippen LogP contribution in [-0.2, 0) is 0 Å². The third-order valence-electron chi connectivity index (χ3n) is 3.22. The number of thioether (sulfide) groups is 1. The molecule has 0 heterocycles. The Morgan fingerprint density at radius 1 is 1.06 bits per heavy atom. The fourth-order valence-corrected chi connectivity index (χ4v) is 2.83. The van der Waals surface area contributed by atoms with E-state index in [2.05, 4.69) is 44.9 Å².